The second-order valence-electron chi connectivity index (χ2n) is 5.55. The van der Waals surface area contributed by atoms with Gasteiger partial charge in [0.05, 0.1) is 30.4 Å². The Morgan fingerprint density at radius 2 is 2.14 bits per heavy atom. The van der Waals surface area contributed by atoms with Crippen molar-refractivity contribution >= 4 is 17.4 Å². The van der Waals surface area contributed by atoms with Crippen molar-refractivity contribution in [3.63, 3.8) is 0 Å². The van der Waals surface area contributed by atoms with E-state index in [2.05, 4.69) is 0 Å². The first-order chi connectivity index (χ1) is 10.7. The highest BCUT2D eigenvalue weighted by Crippen LogP contribution is 2.38. The Kier molecular flexibility index (Phi) is 4.86. The van der Waals surface area contributed by atoms with E-state index in [0.29, 0.717) is 60.9 Å². The molecule has 1 atom stereocenters. The molecule has 1 aromatic rings. The lowest BCUT2D eigenvalue weighted by molar-refractivity contribution is -0.0841. The number of ketones is 1. The number of hydrogen-bond donors (Lipinski definition) is 0. The number of rotatable bonds is 6. The molecule has 0 bridgehead atoms. The molecular weight excluding hydrogens is 308 g/mol. The van der Waals surface area contributed by atoms with Crippen LogP contribution in [0.1, 0.15) is 23.2 Å². The second kappa shape index (κ2) is 6.86. The average molecular weight is 327 g/mol. The molecule has 2 heterocycles. The Morgan fingerprint density at radius 1 is 1.32 bits per heavy atom. The van der Waals surface area contributed by atoms with Crippen LogP contribution in [-0.4, -0.2) is 45.4 Å². The minimum Gasteiger partial charge on any atom is -0.492 e. The lowest BCUT2D eigenvalue weighted by atomic mass is 9.91. The average Bonchev–Trinajstić information content (AvgIpc) is 2.43. The standard InChI is InChI=1S/C16H19ClO5/c1-19-3-2-4-21-16-7-15-11(5-12(16)17)13(18)6-14(22-15)10-8-20-9-10/h5,7,10,14H,2-4,6,8-9H2,1H3. The van der Waals surface area contributed by atoms with Gasteiger partial charge in [-0.25, -0.2) is 0 Å². The van der Waals surface area contributed by atoms with E-state index in [4.69, 9.17) is 30.5 Å². The lowest BCUT2D eigenvalue weighted by Gasteiger charge is -2.36. The van der Waals surface area contributed by atoms with E-state index in [-0.39, 0.29) is 11.9 Å². The highest BCUT2D eigenvalue weighted by molar-refractivity contribution is 6.32. The van der Waals surface area contributed by atoms with Gasteiger partial charge in [-0.1, -0.05) is 11.6 Å². The fourth-order valence-corrected chi connectivity index (χ4v) is 2.79. The molecule has 1 fully saturated rings. The van der Waals surface area contributed by atoms with Crippen molar-refractivity contribution in [2.24, 2.45) is 5.92 Å². The quantitative estimate of drug-likeness (QED) is 0.752. The zero-order chi connectivity index (χ0) is 15.5. The number of benzene rings is 1. The predicted octanol–water partition coefficient (Wildman–Crippen LogP) is 2.74. The fraction of sp³-hybridized carbons (Fsp3) is 0.562. The van der Waals surface area contributed by atoms with Gasteiger partial charge in [0.15, 0.2) is 5.78 Å². The number of fused-ring (bicyclic) bond motifs is 1. The Labute approximate surface area is 134 Å². The van der Waals surface area contributed by atoms with E-state index in [1.165, 1.54) is 0 Å². The van der Waals surface area contributed by atoms with Gasteiger partial charge >= 0.3 is 0 Å². The van der Waals surface area contributed by atoms with E-state index in [0.717, 1.165) is 6.42 Å². The highest BCUT2D eigenvalue weighted by Gasteiger charge is 2.36. The van der Waals surface area contributed by atoms with Gasteiger partial charge < -0.3 is 18.9 Å². The molecule has 0 N–H and O–H groups in total. The maximum absolute atomic E-state index is 12.3. The van der Waals surface area contributed by atoms with Crippen molar-refractivity contribution < 1.29 is 23.7 Å². The molecule has 120 valence electrons. The Bertz CT molecular complexity index is 556. The Hall–Kier alpha value is -1.30. The number of carbonyl (C=O) groups is 1. The number of ether oxygens (including phenoxy) is 4. The molecule has 0 aromatic heterocycles. The van der Waals surface area contributed by atoms with E-state index in [9.17, 15) is 4.79 Å². The largest absolute Gasteiger partial charge is 0.492 e. The van der Waals surface area contributed by atoms with Crippen LogP contribution < -0.4 is 9.47 Å². The summed E-state index contributed by atoms with van der Waals surface area (Å²) in [6.45, 7) is 2.43. The summed E-state index contributed by atoms with van der Waals surface area (Å²) in [6.07, 6.45) is 1.04. The lowest BCUT2D eigenvalue weighted by Crippen LogP contribution is -2.44. The number of carbonyl (C=O) groups excluding carboxylic acids is 1. The number of halogens is 1. The third-order valence-corrected chi connectivity index (χ3v) is 4.23. The molecule has 1 unspecified atom stereocenters. The first-order valence-corrected chi connectivity index (χ1v) is 7.79. The van der Waals surface area contributed by atoms with Gasteiger partial charge in [-0.15, -0.1) is 0 Å². The monoisotopic (exact) mass is 326 g/mol. The molecule has 0 amide bonds. The molecule has 0 radical (unpaired) electrons. The molecule has 1 aromatic carbocycles. The maximum Gasteiger partial charge on any atom is 0.170 e. The first-order valence-electron chi connectivity index (χ1n) is 7.42. The number of methoxy groups -OCH3 is 1. The molecule has 6 heteroatoms. The number of hydrogen-bond acceptors (Lipinski definition) is 5. The van der Waals surface area contributed by atoms with Crippen LogP contribution in [0.5, 0.6) is 11.5 Å². The van der Waals surface area contributed by atoms with Crippen LogP contribution in [0.3, 0.4) is 0 Å². The first kappa shape index (κ1) is 15.6. The molecule has 0 spiro atoms. The summed E-state index contributed by atoms with van der Waals surface area (Å²) in [5.74, 6) is 1.44. The smallest absolute Gasteiger partial charge is 0.170 e. The van der Waals surface area contributed by atoms with Crippen LogP contribution in [0.2, 0.25) is 5.02 Å². The number of Topliss-reactive ketones (excluding diaryl/α,β-unsaturated/α-hetero) is 1. The summed E-state index contributed by atoms with van der Waals surface area (Å²) < 4.78 is 21.8. The molecule has 2 aliphatic rings. The fourth-order valence-electron chi connectivity index (χ4n) is 2.58. The molecule has 2 aliphatic heterocycles. The van der Waals surface area contributed by atoms with Gasteiger partial charge in [0.2, 0.25) is 0 Å². The molecule has 0 aliphatic carbocycles. The minimum absolute atomic E-state index is 0.0611. The SMILES string of the molecule is COCCCOc1cc2c(cc1Cl)C(=O)CC(C1COC1)O2. The van der Waals surface area contributed by atoms with Crippen molar-refractivity contribution in [1.82, 2.24) is 0 Å². The summed E-state index contributed by atoms with van der Waals surface area (Å²) in [5.41, 5.74) is 0.533. The van der Waals surface area contributed by atoms with Crippen molar-refractivity contribution in [2.45, 2.75) is 18.9 Å². The molecule has 22 heavy (non-hydrogen) atoms. The Balaban J connectivity index is 1.74. The van der Waals surface area contributed by atoms with Crippen molar-refractivity contribution in [1.29, 1.82) is 0 Å². The third-order valence-electron chi connectivity index (χ3n) is 3.94. The maximum atomic E-state index is 12.3. The molecule has 1 saturated heterocycles. The van der Waals surface area contributed by atoms with Crippen LogP contribution in [0.15, 0.2) is 12.1 Å². The van der Waals surface area contributed by atoms with Crippen LogP contribution in [0, 0.1) is 5.92 Å². The summed E-state index contributed by atoms with van der Waals surface area (Å²) in [6, 6.07) is 3.35. The van der Waals surface area contributed by atoms with Gasteiger partial charge in [-0.05, 0) is 6.07 Å². The van der Waals surface area contributed by atoms with Crippen molar-refractivity contribution in [3.8, 4) is 11.5 Å². The Morgan fingerprint density at radius 3 is 2.82 bits per heavy atom. The van der Waals surface area contributed by atoms with Gasteiger partial charge in [0, 0.05) is 38.5 Å². The molecular formula is C16H19ClO5. The second-order valence-corrected chi connectivity index (χ2v) is 5.96. The van der Waals surface area contributed by atoms with Gasteiger partial charge in [-0.3, -0.25) is 4.79 Å². The topological polar surface area (TPSA) is 54.0 Å². The van der Waals surface area contributed by atoms with Gasteiger partial charge in [0.1, 0.15) is 17.6 Å². The molecule has 5 nitrogen and oxygen atoms in total. The van der Waals surface area contributed by atoms with Crippen molar-refractivity contribution in [2.75, 3.05) is 33.5 Å². The van der Waals surface area contributed by atoms with E-state index >= 15 is 0 Å². The minimum atomic E-state index is -0.115. The normalized spacial score (nSPS) is 21.0. The summed E-state index contributed by atoms with van der Waals surface area (Å²) in [5, 5.41) is 0.429. The van der Waals surface area contributed by atoms with Gasteiger partial charge in [0.25, 0.3) is 0 Å². The zero-order valence-corrected chi connectivity index (χ0v) is 13.2. The van der Waals surface area contributed by atoms with Gasteiger partial charge in [-0.2, -0.15) is 0 Å². The van der Waals surface area contributed by atoms with E-state index in [1.54, 1.807) is 19.2 Å². The van der Waals surface area contributed by atoms with E-state index in [1.807, 2.05) is 0 Å². The third kappa shape index (κ3) is 3.21. The molecule has 3 rings (SSSR count). The van der Waals surface area contributed by atoms with Crippen molar-refractivity contribution in [3.05, 3.63) is 22.7 Å². The highest BCUT2D eigenvalue weighted by atomic mass is 35.5. The summed E-state index contributed by atoms with van der Waals surface area (Å²) in [4.78, 5) is 12.3. The summed E-state index contributed by atoms with van der Waals surface area (Å²) in [7, 11) is 1.65. The van der Waals surface area contributed by atoms with E-state index < -0.39 is 0 Å². The predicted molar refractivity (Wildman–Crippen MR) is 81.1 cm³/mol. The summed E-state index contributed by atoms with van der Waals surface area (Å²) >= 11 is 6.19. The molecule has 0 saturated carbocycles. The van der Waals surface area contributed by atoms with Crippen LogP contribution >= 0.6 is 11.6 Å². The van der Waals surface area contributed by atoms with Crippen LogP contribution in [0.4, 0.5) is 0 Å². The van der Waals surface area contributed by atoms with Crippen LogP contribution in [0.25, 0.3) is 0 Å². The van der Waals surface area contributed by atoms with Crippen LogP contribution in [-0.2, 0) is 9.47 Å². The zero-order valence-electron chi connectivity index (χ0n) is 12.5.